The van der Waals surface area contributed by atoms with Crippen LogP contribution >= 0.6 is 0 Å². The van der Waals surface area contributed by atoms with Gasteiger partial charge in [-0.1, -0.05) is 236 Å². The van der Waals surface area contributed by atoms with Gasteiger partial charge in [0.15, 0.2) is 12.4 Å². The number of esters is 1. The number of carbonyl (C=O) groups excluding carboxylic acids is 2. The minimum Gasteiger partial charge on any atom is -0.454 e. The Kier molecular flexibility index (Phi) is 45.6. The number of hydrogen-bond donors (Lipinski definition) is 6. The molecule has 0 bridgehead atoms. The van der Waals surface area contributed by atoms with Gasteiger partial charge >= 0.3 is 5.97 Å². The fourth-order valence-electron chi connectivity index (χ4n) is 9.01. The molecular formula is C60H109NO10. The van der Waals surface area contributed by atoms with Crippen LogP contribution in [0.25, 0.3) is 0 Å². The van der Waals surface area contributed by atoms with Crippen molar-refractivity contribution in [3.8, 4) is 0 Å². The summed E-state index contributed by atoms with van der Waals surface area (Å²) in [6.45, 7) is 5.74. The van der Waals surface area contributed by atoms with E-state index in [1.54, 1.807) is 6.08 Å². The summed E-state index contributed by atoms with van der Waals surface area (Å²) in [6, 6.07) is -1.03. The first kappa shape index (κ1) is 66.6. The SMILES string of the molecule is CCCCC/C=C\C/C=C\C/C=C\CCCCCC(O)C(=O)NC(COC1OC(CO)C(O)C(O)C1OC(=O)CCCCCCCCCCCCCCCC)C(O)/C=C/CCCCCCCCCCCC. The number of carbonyl (C=O) groups is 2. The summed E-state index contributed by atoms with van der Waals surface area (Å²) in [5, 5.41) is 56.8. The lowest BCUT2D eigenvalue weighted by molar-refractivity contribution is -0.305. The van der Waals surface area contributed by atoms with Gasteiger partial charge in [-0.3, -0.25) is 9.59 Å². The van der Waals surface area contributed by atoms with Gasteiger partial charge in [0.1, 0.15) is 24.4 Å². The average Bonchev–Trinajstić information content (AvgIpc) is 3.37. The summed E-state index contributed by atoms with van der Waals surface area (Å²) in [5.41, 5.74) is 0. The van der Waals surface area contributed by atoms with Crippen LogP contribution < -0.4 is 5.32 Å². The van der Waals surface area contributed by atoms with Crippen molar-refractivity contribution in [1.29, 1.82) is 0 Å². The van der Waals surface area contributed by atoms with Crippen LogP contribution in [0, 0.1) is 0 Å². The molecule has 0 aliphatic carbocycles. The average molecular weight is 1000 g/mol. The molecule has 1 aliphatic rings. The van der Waals surface area contributed by atoms with E-state index in [0.717, 1.165) is 77.0 Å². The Balaban J connectivity index is 2.74. The van der Waals surface area contributed by atoms with Crippen LogP contribution in [0.1, 0.15) is 258 Å². The molecule has 0 saturated carbocycles. The quantitative estimate of drug-likeness (QED) is 0.0195. The monoisotopic (exact) mass is 1000 g/mol. The zero-order chi connectivity index (χ0) is 51.8. The maximum Gasteiger partial charge on any atom is 0.306 e. The van der Waals surface area contributed by atoms with E-state index < -0.39 is 67.4 Å². The smallest absolute Gasteiger partial charge is 0.306 e. The fourth-order valence-corrected chi connectivity index (χ4v) is 9.01. The van der Waals surface area contributed by atoms with Gasteiger partial charge in [0.2, 0.25) is 5.91 Å². The van der Waals surface area contributed by atoms with Crippen LogP contribution in [0.3, 0.4) is 0 Å². The van der Waals surface area contributed by atoms with Gasteiger partial charge in [-0.05, 0) is 64.2 Å². The summed E-state index contributed by atoms with van der Waals surface area (Å²) >= 11 is 0. The van der Waals surface area contributed by atoms with Crippen LogP contribution in [0.2, 0.25) is 0 Å². The van der Waals surface area contributed by atoms with E-state index in [2.05, 4.69) is 62.5 Å². The van der Waals surface area contributed by atoms with Crippen molar-refractivity contribution < 1.29 is 49.3 Å². The first-order valence-electron chi connectivity index (χ1n) is 29.4. The molecule has 0 aromatic heterocycles. The number of unbranched alkanes of at least 4 members (excludes halogenated alkanes) is 29. The Bertz CT molecular complexity index is 1340. The van der Waals surface area contributed by atoms with Crippen molar-refractivity contribution in [2.75, 3.05) is 13.2 Å². The molecule has 1 heterocycles. The Morgan fingerprint density at radius 3 is 1.48 bits per heavy atom. The van der Waals surface area contributed by atoms with E-state index in [4.69, 9.17) is 14.2 Å². The zero-order valence-corrected chi connectivity index (χ0v) is 45.6. The second kappa shape index (κ2) is 48.6. The minimum absolute atomic E-state index is 0.124. The number of amides is 1. The predicted octanol–water partition coefficient (Wildman–Crippen LogP) is 13.3. The molecule has 0 aromatic carbocycles. The second-order valence-corrected chi connectivity index (χ2v) is 20.4. The Morgan fingerprint density at radius 1 is 0.549 bits per heavy atom. The summed E-state index contributed by atoms with van der Waals surface area (Å²) < 4.78 is 17.6. The highest BCUT2D eigenvalue weighted by Gasteiger charge is 2.47. The molecule has 11 nitrogen and oxygen atoms in total. The summed E-state index contributed by atoms with van der Waals surface area (Å²) in [5.74, 6) is -1.21. The molecule has 11 heteroatoms. The first-order valence-corrected chi connectivity index (χ1v) is 29.4. The molecule has 1 saturated heterocycles. The van der Waals surface area contributed by atoms with E-state index >= 15 is 0 Å². The number of rotatable bonds is 49. The van der Waals surface area contributed by atoms with Gasteiger partial charge in [-0.15, -0.1) is 0 Å². The molecule has 0 spiro atoms. The van der Waals surface area contributed by atoms with Crippen molar-refractivity contribution in [1.82, 2.24) is 5.32 Å². The van der Waals surface area contributed by atoms with Gasteiger partial charge in [0, 0.05) is 6.42 Å². The van der Waals surface area contributed by atoms with E-state index in [9.17, 15) is 35.1 Å². The van der Waals surface area contributed by atoms with E-state index in [1.807, 2.05) is 6.08 Å². The Labute approximate surface area is 434 Å². The maximum absolute atomic E-state index is 13.4. The third-order valence-electron chi connectivity index (χ3n) is 13.7. The zero-order valence-electron chi connectivity index (χ0n) is 45.6. The van der Waals surface area contributed by atoms with E-state index in [-0.39, 0.29) is 19.4 Å². The van der Waals surface area contributed by atoms with Crippen LogP contribution in [0.4, 0.5) is 0 Å². The molecule has 71 heavy (non-hydrogen) atoms. The van der Waals surface area contributed by atoms with E-state index in [0.29, 0.717) is 12.8 Å². The lowest BCUT2D eigenvalue weighted by Gasteiger charge is -2.41. The highest BCUT2D eigenvalue weighted by Crippen LogP contribution is 2.26. The first-order chi connectivity index (χ1) is 34.7. The third kappa shape index (κ3) is 37.1. The van der Waals surface area contributed by atoms with Crippen LogP contribution in [0.15, 0.2) is 48.6 Å². The highest BCUT2D eigenvalue weighted by atomic mass is 16.7. The number of nitrogens with one attached hydrogen (secondary N) is 1. The number of aliphatic hydroxyl groups excluding tert-OH is 5. The van der Waals surface area contributed by atoms with Crippen molar-refractivity contribution in [3.05, 3.63) is 48.6 Å². The molecular weight excluding hydrogens is 895 g/mol. The predicted molar refractivity (Wildman–Crippen MR) is 292 cm³/mol. The molecule has 6 N–H and O–H groups in total. The van der Waals surface area contributed by atoms with Gasteiger partial charge in [-0.25, -0.2) is 0 Å². The lowest BCUT2D eigenvalue weighted by Crippen LogP contribution is -2.61. The number of hydrogen-bond acceptors (Lipinski definition) is 10. The largest absolute Gasteiger partial charge is 0.454 e. The Hall–Kier alpha value is -2.38. The van der Waals surface area contributed by atoms with Gasteiger partial charge in [0.05, 0.1) is 25.4 Å². The van der Waals surface area contributed by atoms with Gasteiger partial charge in [0.25, 0.3) is 0 Å². The summed E-state index contributed by atoms with van der Waals surface area (Å²) in [6.07, 6.45) is 47.2. The molecule has 0 aromatic rings. The van der Waals surface area contributed by atoms with Gasteiger partial charge in [-0.2, -0.15) is 0 Å². The van der Waals surface area contributed by atoms with E-state index in [1.165, 1.54) is 135 Å². The molecule has 1 aliphatic heterocycles. The summed E-state index contributed by atoms with van der Waals surface area (Å²) in [4.78, 5) is 26.5. The number of ether oxygens (including phenoxy) is 3. The molecule has 8 atom stereocenters. The van der Waals surface area contributed by atoms with Crippen LogP contribution in [0.5, 0.6) is 0 Å². The van der Waals surface area contributed by atoms with Crippen LogP contribution in [-0.4, -0.2) is 99.6 Å². The number of allylic oxidation sites excluding steroid dienone is 7. The normalized spacial score (nSPS) is 19.9. The molecule has 0 radical (unpaired) electrons. The highest BCUT2D eigenvalue weighted by molar-refractivity contribution is 5.80. The fraction of sp³-hybridized carbons (Fsp3) is 0.833. The van der Waals surface area contributed by atoms with Crippen molar-refractivity contribution >= 4 is 11.9 Å². The maximum atomic E-state index is 13.4. The molecule has 1 rings (SSSR count). The number of aliphatic hydroxyl groups is 5. The third-order valence-corrected chi connectivity index (χ3v) is 13.7. The van der Waals surface area contributed by atoms with Crippen molar-refractivity contribution in [3.63, 3.8) is 0 Å². The minimum atomic E-state index is -1.61. The molecule has 1 fully saturated rings. The topological polar surface area (TPSA) is 175 Å². The standard InChI is InChI=1S/C60H109NO10/c1-4-7-10-13-16-19-22-25-27-28-29-32-35-38-41-44-47-53(64)59(68)61-51(52(63)46-43-40-37-34-31-24-21-18-15-12-9-6-3)50-69-60-58(57(67)56(66)54(49-62)70-60)71-55(65)48-45-42-39-36-33-30-26-23-20-17-14-11-8-5-2/h16,19,25,27,29,32,43,46,51-54,56-58,60,62-64,66-67H,4-15,17-18,20-24,26,28,30-31,33-42,44-45,47-50H2,1-3H3,(H,61,68)/b19-16-,27-25-,32-29-,46-43+. The van der Waals surface area contributed by atoms with Crippen molar-refractivity contribution in [2.45, 2.75) is 307 Å². The molecule has 8 unspecified atom stereocenters. The Morgan fingerprint density at radius 2 is 0.972 bits per heavy atom. The van der Waals surface area contributed by atoms with Crippen molar-refractivity contribution in [2.24, 2.45) is 0 Å². The second-order valence-electron chi connectivity index (χ2n) is 20.4. The van der Waals surface area contributed by atoms with Crippen LogP contribution in [-0.2, 0) is 23.8 Å². The summed E-state index contributed by atoms with van der Waals surface area (Å²) in [7, 11) is 0. The van der Waals surface area contributed by atoms with Gasteiger partial charge < -0.3 is 45.1 Å². The molecule has 1 amide bonds. The molecule has 414 valence electrons. The lowest BCUT2D eigenvalue weighted by atomic mass is 9.99.